The summed E-state index contributed by atoms with van der Waals surface area (Å²) in [4.78, 5) is 33.5. The molecule has 2 aromatic carbocycles. The third-order valence-corrected chi connectivity index (χ3v) is 9.10. The number of aromatic nitrogens is 1. The average Bonchev–Trinajstić information content (AvgIpc) is 3.22. The molecule has 5 rings (SSSR count). The second-order valence-electron chi connectivity index (χ2n) is 11.0. The molecule has 3 heterocycles. The van der Waals surface area contributed by atoms with Crippen molar-refractivity contribution in [3.8, 4) is 0 Å². The van der Waals surface area contributed by atoms with Gasteiger partial charge in [-0.15, -0.1) is 0 Å². The molecule has 2 unspecified atom stereocenters. The molecule has 11 heteroatoms. The number of halogens is 3. The zero-order valence-electron chi connectivity index (χ0n) is 23.5. The van der Waals surface area contributed by atoms with Gasteiger partial charge in [-0.25, -0.2) is 4.39 Å². The fourth-order valence-corrected chi connectivity index (χ4v) is 6.56. The van der Waals surface area contributed by atoms with Gasteiger partial charge in [0.2, 0.25) is 5.91 Å². The summed E-state index contributed by atoms with van der Waals surface area (Å²) in [5, 5.41) is 22.5. The number of amides is 2. The monoisotopic (exact) mass is 615 g/mol. The van der Waals surface area contributed by atoms with Gasteiger partial charge >= 0.3 is 0 Å². The molecule has 2 amide bonds. The number of hydrogen-bond acceptors (Lipinski definition) is 6. The first-order chi connectivity index (χ1) is 19.9. The van der Waals surface area contributed by atoms with Crippen LogP contribution in [0.15, 0.2) is 48.7 Å². The van der Waals surface area contributed by atoms with Gasteiger partial charge in [0.25, 0.3) is 5.91 Å². The molecule has 0 aliphatic carbocycles. The van der Waals surface area contributed by atoms with Crippen LogP contribution in [0.2, 0.25) is 10.0 Å². The number of benzene rings is 2. The van der Waals surface area contributed by atoms with E-state index in [1.165, 1.54) is 37.3 Å². The molecular weight excluding hydrogens is 584 g/mol. The van der Waals surface area contributed by atoms with Crippen molar-refractivity contribution in [2.24, 2.45) is 5.92 Å². The molecule has 2 aliphatic rings. The highest BCUT2D eigenvalue weighted by Crippen LogP contribution is 2.49. The standard InChI is InChI=1S/C31H32Cl2FN3O5/c1-18(39)36-10-8-20(9-11-36)30(2,41)22-13-25-28(26(34)14-22)31(42-3,21-4-6-23(32)7-5-21)37(29(25)40)16-27-19(17-38)12-24(33)15-35-27/h4-7,12-15,20,38,41H,8-11,16-17H2,1-3H3. The van der Waals surface area contributed by atoms with E-state index in [9.17, 15) is 19.8 Å². The van der Waals surface area contributed by atoms with E-state index in [1.807, 2.05) is 0 Å². The summed E-state index contributed by atoms with van der Waals surface area (Å²) in [6, 6.07) is 10.9. The topological polar surface area (TPSA) is 103 Å². The minimum absolute atomic E-state index is 0.00258. The Balaban J connectivity index is 1.63. The lowest BCUT2D eigenvalue weighted by molar-refractivity contribution is -0.132. The zero-order valence-corrected chi connectivity index (χ0v) is 25.0. The third-order valence-electron chi connectivity index (χ3n) is 8.64. The number of hydrogen-bond donors (Lipinski definition) is 2. The largest absolute Gasteiger partial charge is 0.392 e. The normalized spacial score (nSPS) is 20.5. The van der Waals surface area contributed by atoms with Gasteiger partial charge in [-0.1, -0.05) is 35.3 Å². The van der Waals surface area contributed by atoms with Crippen LogP contribution in [0.25, 0.3) is 0 Å². The molecule has 1 aromatic heterocycles. The number of aliphatic hydroxyl groups excluding tert-OH is 1. The first-order valence-electron chi connectivity index (χ1n) is 13.6. The minimum Gasteiger partial charge on any atom is -0.392 e. The molecule has 0 spiro atoms. The Bertz CT molecular complexity index is 1530. The van der Waals surface area contributed by atoms with Crippen LogP contribution in [0.5, 0.6) is 0 Å². The van der Waals surface area contributed by atoms with Crippen molar-refractivity contribution in [2.45, 2.75) is 51.2 Å². The first kappa shape index (κ1) is 30.4. The molecule has 8 nitrogen and oxygen atoms in total. The van der Waals surface area contributed by atoms with Gasteiger partial charge in [-0.05, 0) is 61.6 Å². The van der Waals surface area contributed by atoms with Gasteiger partial charge in [0.05, 0.1) is 40.6 Å². The Kier molecular flexibility index (Phi) is 8.35. The molecule has 2 aliphatic heterocycles. The smallest absolute Gasteiger partial charge is 0.257 e. The van der Waals surface area contributed by atoms with Crippen LogP contribution in [-0.4, -0.2) is 57.0 Å². The lowest BCUT2D eigenvalue weighted by Crippen LogP contribution is -2.46. The summed E-state index contributed by atoms with van der Waals surface area (Å²) in [7, 11) is 1.39. The van der Waals surface area contributed by atoms with Crippen molar-refractivity contribution in [2.75, 3.05) is 20.2 Å². The predicted octanol–water partition coefficient (Wildman–Crippen LogP) is 4.99. The highest BCUT2D eigenvalue weighted by molar-refractivity contribution is 6.30. The molecule has 3 aromatic rings. The van der Waals surface area contributed by atoms with E-state index in [2.05, 4.69) is 4.98 Å². The summed E-state index contributed by atoms with van der Waals surface area (Å²) >= 11 is 12.3. The highest BCUT2D eigenvalue weighted by atomic mass is 35.5. The Labute approximate surface area is 253 Å². The molecule has 1 saturated heterocycles. The lowest BCUT2D eigenvalue weighted by Gasteiger charge is -2.40. The molecule has 2 atom stereocenters. The SMILES string of the molecule is COC1(c2ccc(Cl)cc2)c2c(F)cc(C(C)(O)C3CCN(C(C)=O)CC3)cc2C(=O)N1Cc1ncc(Cl)cc1CO. The quantitative estimate of drug-likeness (QED) is 0.388. The maximum atomic E-state index is 16.4. The molecule has 0 radical (unpaired) electrons. The van der Waals surface area contributed by atoms with Crippen LogP contribution in [0.1, 0.15) is 65.0 Å². The lowest BCUT2D eigenvalue weighted by atomic mass is 9.76. The fourth-order valence-electron chi connectivity index (χ4n) is 6.26. The van der Waals surface area contributed by atoms with Gasteiger partial charge in [0, 0.05) is 49.5 Å². The minimum atomic E-state index is -1.70. The summed E-state index contributed by atoms with van der Waals surface area (Å²) in [5.41, 5.74) is -1.63. The van der Waals surface area contributed by atoms with Crippen molar-refractivity contribution < 1.29 is 28.9 Å². The number of aliphatic hydroxyl groups is 2. The van der Waals surface area contributed by atoms with E-state index >= 15 is 4.39 Å². The van der Waals surface area contributed by atoms with Crippen LogP contribution in [0.4, 0.5) is 4.39 Å². The number of rotatable bonds is 7. The molecule has 0 bridgehead atoms. The molecule has 222 valence electrons. The number of piperidine rings is 1. The van der Waals surface area contributed by atoms with Crippen LogP contribution in [0.3, 0.4) is 0 Å². The second kappa shape index (κ2) is 11.5. The van der Waals surface area contributed by atoms with E-state index in [1.54, 1.807) is 42.2 Å². The van der Waals surface area contributed by atoms with Crippen LogP contribution in [-0.2, 0) is 34.0 Å². The van der Waals surface area contributed by atoms with Crippen molar-refractivity contribution in [3.05, 3.63) is 98.0 Å². The Morgan fingerprint density at radius 3 is 2.43 bits per heavy atom. The van der Waals surface area contributed by atoms with Gasteiger partial charge < -0.3 is 19.8 Å². The number of fused-ring (bicyclic) bond motifs is 1. The average molecular weight is 617 g/mol. The number of carbonyl (C=O) groups is 2. The molecular formula is C31H32Cl2FN3O5. The Morgan fingerprint density at radius 1 is 1.17 bits per heavy atom. The molecule has 42 heavy (non-hydrogen) atoms. The summed E-state index contributed by atoms with van der Waals surface area (Å²) in [6.45, 7) is 3.60. The number of ether oxygens (including phenoxy) is 1. The third kappa shape index (κ3) is 5.07. The number of carbonyl (C=O) groups excluding carboxylic acids is 2. The molecule has 1 fully saturated rings. The van der Waals surface area contributed by atoms with E-state index in [-0.39, 0.29) is 41.7 Å². The van der Waals surface area contributed by atoms with Crippen LogP contribution >= 0.6 is 23.2 Å². The molecule has 0 saturated carbocycles. The summed E-state index contributed by atoms with van der Waals surface area (Å²) in [6.07, 6.45) is 2.47. The highest BCUT2D eigenvalue weighted by Gasteiger charge is 2.54. The van der Waals surface area contributed by atoms with E-state index < -0.39 is 23.1 Å². The van der Waals surface area contributed by atoms with E-state index in [0.717, 1.165) is 0 Å². The van der Waals surface area contributed by atoms with Gasteiger partial charge in [0.1, 0.15) is 5.82 Å². The number of pyridine rings is 1. The fraction of sp³-hybridized carbons (Fsp3) is 0.387. The maximum absolute atomic E-state index is 16.4. The van der Waals surface area contributed by atoms with E-state index in [0.29, 0.717) is 52.8 Å². The van der Waals surface area contributed by atoms with Crippen LogP contribution < -0.4 is 0 Å². The van der Waals surface area contributed by atoms with Crippen LogP contribution in [0, 0.1) is 11.7 Å². The van der Waals surface area contributed by atoms with Crippen molar-refractivity contribution in [3.63, 3.8) is 0 Å². The maximum Gasteiger partial charge on any atom is 0.257 e. The second-order valence-corrected chi connectivity index (χ2v) is 11.8. The van der Waals surface area contributed by atoms with Crippen molar-refractivity contribution >= 4 is 35.0 Å². The van der Waals surface area contributed by atoms with E-state index in [4.69, 9.17) is 27.9 Å². The van der Waals surface area contributed by atoms with Gasteiger partial charge in [0.15, 0.2) is 5.72 Å². The summed E-state index contributed by atoms with van der Waals surface area (Å²) < 4.78 is 22.5. The Hall–Kier alpha value is -3.08. The number of methoxy groups -OCH3 is 1. The number of nitrogens with zero attached hydrogens (tertiary/aromatic N) is 3. The number of likely N-dealkylation sites (tertiary alicyclic amines) is 1. The zero-order chi connectivity index (χ0) is 30.4. The van der Waals surface area contributed by atoms with Gasteiger partial charge in [-0.3, -0.25) is 19.5 Å². The first-order valence-corrected chi connectivity index (χ1v) is 14.4. The van der Waals surface area contributed by atoms with Gasteiger partial charge in [-0.2, -0.15) is 0 Å². The van der Waals surface area contributed by atoms with Crippen molar-refractivity contribution in [1.82, 2.24) is 14.8 Å². The van der Waals surface area contributed by atoms with Crippen molar-refractivity contribution in [1.29, 1.82) is 0 Å². The Morgan fingerprint density at radius 2 is 1.83 bits per heavy atom. The predicted molar refractivity (Wildman–Crippen MR) is 155 cm³/mol. The molecule has 2 N–H and O–H groups in total. The summed E-state index contributed by atoms with van der Waals surface area (Å²) in [5.74, 6) is -1.54.